The van der Waals surface area contributed by atoms with Crippen molar-refractivity contribution in [3.8, 4) is 11.3 Å². The fraction of sp³-hybridized carbons (Fsp3) is 0. The fourth-order valence-electron chi connectivity index (χ4n) is 1.80. The zero-order valence-corrected chi connectivity index (χ0v) is 12.0. The quantitative estimate of drug-likeness (QED) is 0.438. The molecule has 5 heteroatoms. The lowest BCUT2D eigenvalue weighted by Crippen LogP contribution is -1.95. The van der Waals surface area contributed by atoms with E-state index in [0.29, 0.717) is 5.69 Å². The van der Waals surface area contributed by atoms with Crippen molar-refractivity contribution < 1.29 is 0 Å². The third-order valence-corrected chi connectivity index (χ3v) is 3.62. The molecule has 4 nitrogen and oxygen atoms in total. The van der Waals surface area contributed by atoms with Crippen molar-refractivity contribution in [2.24, 2.45) is 5.10 Å². The number of anilines is 2. The van der Waals surface area contributed by atoms with Crippen molar-refractivity contribution in [2.75, 3.05) is 11.2 Å². The molecule has 3 aromatic rings. The molecule has 21 heavy (non-hydrogen) atoms. The van der Waals surface area contributed by atoms with Gasteiger partial charge in [0.25, 0.3) is 0 Å². The second-order valence-electron chi connectivity index (χ2n) is 4.33. The normalized spacial score (nSPS) is 10.9. The molecule has 0 saturated carbocycles. The zero-order valence-electron chi connectivity index (χ0n) is 11.2. The first-order valence-corrected chi connectivity index (χ1v) is 7.26. The van der Waals surface area contributed by atoms with Gasteiger partial charge in [-0.2, -0.15) is 5.10 Å². The maximum atomic E-state index is 5.82. The van der Waals surface area contributed by atoms with Crippen LogP contribution in [0.15, 0.2) is 59.0 Å². The van der Waals surface area contributed by atoms with Crippen LogP contribution in [-0.2, 0) is 0 Å². The number of thiazole rings is 1. The SMILES string of the molecule is Nc1c[c]ccc1C=NNc1nc(-c2ccccc2)cs1. The molecular weight excluding hydrogens is 280 g/mol. The summed E-state index contributed by atoms with van der Waals surface area (Å²) in [6, 6.07) is 18.3. The topological polar surface area (TPSA) is 63.3 Å². The first-order chi connectivity index (χ1) is 10.3. The summed E-state index contributed by atoms with van der Waals surface area (Å²) in [7, 11) is 0. The maximum Gasteiger partial charge on any atom is 0.203 e. The first kappa shape index (κ1) is 13.3. The van der Waals surface area contributed by atoms with Crippen molar-refractivity contribution in [3.63, 3.8) is 0 Å². The Morgan fingerprint density at radius 3 is 2.90 bits per heavy atom. The average Bonchev–Trinajstić information content (AvgIpc) is 2.99. The van der Waals surface area contributed by atoms with Crippen LogP contribution in [-0.4, -0.2) is 11.2 Å². The number of rotatable bonds is 4. The molecule has 0 aliphatic carbocycles. The molecule has 0 amide bonds. The molecule has 3 N–H and O–H groups in total. The monoisotopic (exact) mass is 293 g/mol. The summed E-state index contributed by atoms with van der Waals surface area (Å²) in [5.41, 5.74) is 12.3. The molecule has 0 saturated heterocycles. The number of hydrogen-bond donors (Lipinski definition) is 2. The highest BCUT2D eigenvalue weighted by molar-refractivity contribution is 7.14. The smallest absolute Gasteiger partial charge is 0.203 e. The summed E-state index contributed by atoms with van der Waals surface area (Å²) in [5, 5.41) is 6.90. The molecule has 0 fully saturated rings. The number of hydrazone groups is 1. The van der Waals surface area contributed by atoms with E-state index in [-0.39, 0.29) is 0 Å². The van der Waals surface area contributed by atoms with Gasteiger partial charge in [0.1, 0.15) is 0 Å². The van der Waals surface area contributed by atoms with E-state index in [2.05, 4.69) is 21.6 Å². The highest BCUT2D eigenvalue weighted by Gasteiger charge is 2.02. The van der Waals surface area contributed by atoms with Gasteiger partial charge in [-0.25, -0.2) is 4.98 Å². The summed E-state index contributed by atoms with van der Waals surface area (Å²) < 4.78 is 0. The number of benzene rings is 2. The lowest BCUT2D eigenvalue weighted by molar-refractivity contribution is 1.29. The van der Waals surface area contributed by atoms with Crippen LogP contribution in [0.1, 0.15) is 5.56 Å². The molecule has 0 bridgehead atoms. The largest absolute Gasteiger partial charge is 0.398 e. The molecule has 103 valence electrons. The van der Waals surface area contributed by atoms with Crippen LogP contribution in [0.2, 0.25) is 0 Å². The van der Waals surface area contributed by atoms with Crippen LogP contribution in [0.25, 0.3) is 11.3 Å². The lowest BCUT2D eigenvalue weighted by Gasteiger charge is -1.98. The Hall–Kier alpha value is -2.66. The Labute approximate surface area is 127 Å². The summed E-state index contributed by atoms with van der Waals surface area (Å²) >= 11 is 1.51. The van der Waals surface area contributed by atoms with Crippen molar-refractivity contribution in [1.82, 2.24) is 4.98 Å². The van der Waals surface area contributed by atoms with E-state index in [1.807, 2.05) is 41.8 Å². The first-order valence-electron chi connectivity index (χ1n) is 6.38. The van der Waals surface area contributed by atoms with Gasteiger partial charge in [-0.15, -0.1) is 11.3 Å². The highest BCUT2D eigenvalue weighted by atomic mass is 32.1. The van der Waals surface area contributed by atoms with Crippen LogP contribution in [0, 0.1) is 6.07 Å². The van der Waals surface area contributed by atoms with Gasteiger partial charge in [0.2, 0.25) is 5.13 Å². The number of aromatic nitrogens is 1. The number of nitrogens with one attached hydrogen (secondary N) is 1. The summed E-state index contributed by atoms with van der Waals surface area (Å²) in [5.74, 6) is 0. The van der Waals surface area contributed by atoms with Gasteiger partial charge in [-0.05, 0) is 12.1 Å². The average molecular weight is 293 g/mol. The minimum atomic E-state index is 0.646. The second kappa shape index (κ2) is 6.19. The number of nitrogen functional groups attached to an aromatic ring is 1. The molecule has 0 aliphatic heterocycles. The Bertz CT molecular complexity index is 750. The molecule has 0 spiro atoms. The number of hydrogen-bond acceptors (Lipinski definition) is 5. The van der Waals surface area contributed by atoms with Gasteiger partial charge in [0.05, 0.1) is 11.9 Å². The van der Waals surface area contributed by atoms with Gasteiger partial charge >= 0.3 is 0 Å². The van der Waals surface area contributed by atoms with E-state index in [1.165, 1.54) is 11.3 Å². The van der Waals surface area contributed by atoms with Crippen molar-refractivity contribution in [1.29, 1.82) is 0 Å². The van der Waals surface area contributed by atoms with Gasteiger partial charge in [-0.1, -0.05) is 42.5 Å². The highest BCUT2D eigenvalue weighted by Crippen LogP contribution is 2.24. The Kier molecular flexibility index (Phi) is 3.93. The van der Waals surface area contributed by atoms with Crippen molar-refractivity contribution >= 4 is 28.4 Å². The van der Waals surface area contributed by atoms with E-state index in [1.54, 1.807) is 18.3 Å². The van der Waals surface area contributed by atoms with Gasteiger partial charge in [0.15, 0.2) is 0 Å². The van der Waals surface area contributed by atoms with E-state index in [9.17, 15) is 0 Å². The van der Waals surface area contributed by atoms with Crippen LogP contribution in [0.4, 0.5) is 10.8 Å². The van der Waals surface area contributed by atoms with Crippen LogP contribution in [0.3, 0.4) is 0 Å². The maximum absolute atomic E-state index is 5.82. The third-order valence-electron chi connectivity index (χ3n) is 2.87. The molecule has 2 aromatic carbocycles. The van der Waals surface area contributed by atoms with Crippen molar-refractivity contribution in [3.05, 3.63) is 65.5 Å². The van der Waals surface area contributed by atoms with Gasteiger partial charge in [0, 0.05) is 22.2 Å². The Balaban J connectivity index is 1.70. The predicted molar refractivity (Wildman–Crippen MR) is 88.5 cm³/mol. The van der Waals surface area contributed by atoms with E-state index in [4.69, 9.17) is 5.73 Å². The molecule has 3 rings (SSSR count). The minimum Gasteiger partial charge on any atom is -0.398 e. The minimum absolute atomic E-state index is 0.646. The molecular formula is C16H13N4S. The predicted octanol–water partition coefficient (Wildman–Crippen LogP) is 3.64. The molecule has 0 atom stereocenters. The zero-order chi connectivity index (χ0) is 14.5. The molecule has 0 unspecified atom stereocenters. The molecule has 1 heterocycles. The fourth-order valence-corrected chi connectivity index (χ4v) is 2.47. The van der Waals surface area contributed by atoms with E-state index in [0.717, 1.165) is 22.0 Å². The van der Waals surface area contributed by atoms with Crippen molar-refractivity contribution in [2.45, 2.75) is 0 Å². The Morgan fingerprint density at radius 2 is 2.10 bits per heavy atom. The molecule has 0 aliphatic rings. The Morgan fingerprint density at radius 1 is 1.24 bits per heavy atom. The summed E-state index contributed by atoms with van der Waals surface area (Å²) in [6.07, 6.45) is 1.67. The second-order valence-corrected chi connectivity index (χ2v) is 5.19. The van der Waals surface area contributed by atoms with Gasteiger partial charge in [-0.3, -0.25) is 5.43 Å². The summed E-state index contributed by atoms with van der Waals surface area (Å²) in [4.78, 5) is 4.49. The summed E-state index contributed by atoms with van der Waals surface area (Å²) in [6.45, 7) is 0. The lowest BCUT2D eigenvalue weighted by atomic mass is 10.2. The number of nitrogens with zero attached hydrogens (tertiary/aromatic N) is 2. The van der Waals surface area contributed by atoms with Crippen LogP contribution >= 0.6 is 11.3 Å². The molecule has 1 radical (unpaired) electrons. The third kappa shape index (κ3) is 3.27. The van der Waals surface area contributed by atoms with E-state index >= 15 is 0 Å². The standard InChI is InChI=1S/C16H13N4S/c17-14-9-5-4-8-13(14)10-18-20-16-19-15(11-21-16)12-6-2-1-3-7-12/h1-4,6-11H,17H2,(H,19,20). The van der Waals surface area contributed by atoms with Gasteiger partial charge < -0.3 is 5.73 Å². The van der Waals surface area contributed by atoms with Crippen LogP contribution in [0.5, 0.6) is 0 Å². The molecule has 1 aromatic heterocycles. The van der Waals surface area contributed by atoms with E-state index < -0.39 is 0 Å². The van der Waals surface area contributed by atoms with Crippen LogP contribution < -0.4 is 11.2 Å². The number of nitrogens with two attached hydrogens (primary N) is 1.